The average Bonchev–Trinajstić information content (AvgIpc) is 2.46. The molecule has 1 heterocycles. The molecule has 2 nitrogen and oxygen atoms in total. The third-order valence-electron chi connectivity index (χ3n) is 3.59. The fourth-order valence-electron chi connectivity index (χ4n) is 2.51. The van der Waals surface area contributed by atoms with Crippen molar-refractivity contribution in [3.05, 3.63) is 63.1 Å². The Balaban J connectivity index is 1.95. The Hall–Kier alpha value is -1.22. The van der Waals surface area contributed by atoms with Crippen LogP contribution in [0.15, 0.2) is 36.4 Å². The van der Waals surface area contributed by atoms with Gasteiger partial charge in [-0.05, 0) is 47.7 Å². The second-order valence-corrected chi connectivity index (χ2v) is 5.81. The van der Waals surface area contributed by atoms with E-state index in [1.165, 1.54) is 5.56 Å². The SMILES string of the molecule is NC(c1ccc2c(c1)CCCO2)c1ccc(Cl)cc1Cl. The molecular formula is C16H15Cl2NO. The molecular weight excluding hydrogens is 293 g/mol. The number of hydrogen-bond donors (Lipinski definition) is 1. The Morgan fingerprint density at radius 3 is 2.75 bits per heavy atom. The van der Waals surface area contributed by atoms with Crippen LogP contribution in [0.3, 0.4) is 0 Å². The van der Waals surface area contributed by atoms with Gasteiger partial charge >= 0.3 is 0 Å². The highest BCUT2D eigenvalue weighted by atomic mass is 35.5. The van der Waals surface area contributed by atoms with Crippen LogP contribution >= 0.6 is 23.2 Å². The van der Waals surface area contributed by atoms with Crippen LogP contribution in [0, 0.1) is 0 Å². The highest BCUT2D eigenvalue weighted by Crippen LogP contribution is 2.32. The van der Waals surface area contributed by atoms with E-state index in [1.807, 2.05) is 24.3 Å². The van der Waals surface area contributed by atoms with Gasteiger partial charge in [-0.1, -0.05) is 41.4 Å². The Bertz CT molecular complexity index is 642. The van der Waals surface area contributed by atoms with Crippen LogP contribution in [0.4, 0.5) is 0 Å². The summed E-state index contributed by atoms with van der Waals surface area (Å²) in [7, 11) is 0. The van der Waals surface area contributed by atoms with Gasteiger partial charge < -0.3 is 10.5 Å². The number of benzene rings is 2. The van der Waals surface area contributed by atoms with Crippen molar-refractivity contribution in [3.63, 3.8) is 0 Å². The third-order valence-corrected chi connectivity index (χ3v) is 4.15. The summed E-state index contributed by atoms with van der Waals surface area (Å²) in [5, 5.41) is 1.21. The lowest BCUT2D eigenvalue weighted by Gasteiger charge is -2.20. The van der Waals surface area contributed by atoms with Gasteiger partial charge in [-0.2, -0.15) is 0 Å². The van der Waals surface area contributed by atoms with Crippen molar-refractivity contribution in [3.8, 4) is 5.75 Å². The van der Waals surface area contributed by atoms with Gasteiger partial charge in [0.15, 0.2) is 0 Å². The van der Waals surface area contributed by atoms with Crippen molar-refractivity contribution in [1.29, 1.82) is 0 Å². The van der Waals surface area contributed by atoms with E-state index in [0.717, 1.165) is 36.3 Å². The molecule has 0 aromatic heterocycles. The first kappa shape index (κ1) is 13.7. The van der Waals surface area contributed by atoms with Gasteiger partial charge in [-0.3, -0.25) is 0 Å². The van der Waals surface area contributed by atoms with Crippen LogP contribution in [-0.4, -0.2) is 6.61 Å². The fourth-order valence-corrected chi connectivity index (χ4v) is 3.03. The van der Waals surface area contributed by atoms with Gasteiger partial charge in [-0.15, -0.1) is 0 Å². The van der Waals surface area contributed by atoms with Crippen LogP contribution in [0.2, 0.25) is 10.0 Å². The molecule has 104 valence electrons. The predicted molar refractivity (Wildman–Crippen MR) is 82.8 cm³/mol. The summed E-state index contributed by atoms with van der Waals surface area (Å²) >= 11 is 12.1. The molecule has 1 atom stereocenters. The molecule has 20 heavy (non-hydrogen) atoms. The molecule has 0 spiro atoms. The molecule has 4 heteroatoms. The van der Waals surface area contributed by atoms with E-state index in [9.17, 15) is 0 Å². The summed E-state index contributed by atoms with van der Waals surface area (Å²) in [5.41, 5.74) is 9.47. The van der Waals surface area contributed by atoms with E-state index in [2.05, 4.69) is 6.07 Å². The summed E-state index contributed by atoms with van der Waals surface area (Å²) in [6.45, 7) is 0.793. The normalized spacial score (nSPS) is 15.3. The minimum atomic E-state index is -0.257. The molecule has 1 unspecified atom stereocenters. The maximum absolute atomic E-state index is 6.33. The highest BCUT2D eigenvalue weighted by molar-refractivity contribution is 6.35. The lowest BCUT2D eigenvalue weighted by Crippen LogP contribution is -2.14. The molecule has 0 fully saturated rings. The first-order valence-electron chi connectivity index (χ1n) is 6.61. The van der Waals surface area contributed by atoms with E-state index in [0.29, 0.717) is 10.0 Å². The fraction of sp³-hybridized carbons (Fsp3) is 0.250. The van der Waals surface area contributed by atoms with E-state index in [-0.39, 0.29) is 6.04 Å². The summed E-state index contributed by atoms with van der Waals surface area (Å²) in [6.07, 6.45) is 2.08. The largest absolute Gasteiger partial charge is 0.493 e. The summed E-state index contributed by atoms with van der Waals surface area (Å²) in [4.78, 5) is 0. The molecule has 1 aliphatic heterocycles. The average molecular weight is 308 g/mol. The molecule has 2 aromatic carbocycles. The lowest BCUT2D eigenvalue weighted by atomic mass is 9.95. The van der Waals surface area contributed by atoms with Crippen molar-refractivity contribution >= 4 is 23.2 Å². The number of nitrogens with two attached hydrogens (primary N) is 1. The first-order valence-corrected chi connectivity index (χ1v) is 7.37. The number of ether oxygens (including phenoxy) is 1. The van der Waals surface area contributed by atoms with E-state index < -0.39 is 0 Å². The zero-order chi connectivity index (χ0) is 14.1. The van der Waals surface area contributed by atoms with Crippen LogP contribution < -0.4 is 10.5 Å². The molecule has 2 aromatic rings. The maximum atomic E-state index is 6.33. The van der Waals surface area contributed by atoms with Gasteiger partial charge in [0, 0.05) is 10.0 Å². The molecule has 0 saturated heterocycles. The van der Waals surface area contributed by atoms with E-state index >= 15 is 0 Å². The molecule has 0 aliphatic carbocycles. The first-order chi connectivity index (χ1) is 9.65. The zero-order valence-corrected chi connectivity index (χ0v) is 12.4. The standard InChI is InChI=1S/C16H15Cl2NO/c17-12-4-5-13(14(18)9-12)16(19)11-3-6-15-10(8-11)2-1-7-20-15/h3-6,8-9,16H,1-2,7,19H2. The van der Waals surface area contributed by atoms with Gasteiger partial charge in [0.25, 0.3) is 0 Å². The monoisotopic (exact) mass is 307 g/mol. The number of halogens is 2. The lowest BCUT2D eigenvalue weighted by molar-refractivity contribution is 0.288. The molecule has 3 rings (SSSR count). The number of aryl methyl sites for hydroxylation is 1. The smallest absolute Gasteiger partial charge is 0.122 e. The number of hydrogen-bond acceptors (Lipinski definition) is 2. The molecule has 1 aliphatic rings. The molecule has 0 radical (unpaired) electrons. The van der Waals surface area contributed by atoms with Crippen molar-refractivity contribution < 1.29 is 4.74 Å². The highest BCUT2D eigenvalue weighted by Gasteiger charge is 2.16. The van der Waals surface area contributed by atoms with Gasteiger partial charge in [0.05, 0.1) is 12.6 Å². The molecule has 0 bridgehead atoms. The molecule has 2 N–H and O–H groups in total. The molecule has 0 amide bonds. The second-order valence-electron chi connectivity index (χ2n) is 4.96. The maximum Gasteiger partial charge on any atom is 0.122 e. The van der Waals surface area contributed by atoms with Crippen LogP contribution in [-0.2, 0) is 6.42 Å². The second kappa shape index (κ2) is 5.65. The Morgan fingerprint density at radius 1 is 1.10 bits per heavy atom. The Morgan fingerprint density at radius 2 is 1.95 bits per heavy atom. The topological polar surface area (TPSA) is 35.2 Å². The van der Waals surface area contributed by atoms with Crippen LogP contribution in [0.5, 0.6) is 5.75 Å². The Labute approximate surface area is 128 Å². The molecule has 0 saturated carbocycles. The number of fused-ring (bicyclic) bond motifs is 1. The van der Waals surface area contributed by atoms with E-state index in [1.54, 1.807) is 6.07 Å². The summed E-state index contributed by atoms with van der Waals surface area (Å²) in [6, 6.07) is 11.3. The van der Waals surface area contributed by atoms with Gasteiger partial charge in [0.2, 0.25) is 0 Å². The number of rotatable bonds is 2. The summed E-state index contributed by atoms with van der Waals surface area (Å²) < 4.78 is 5.62. The van der Waals surface area contributed by atoms with Crippen LogP contribution in [0.25, 0.3) is 0 Å². The summed E-state index contributed by atoms with van der Waals surface area (Å²) in [5.74, 6) is 0.967. The zero-order valence-electron chi connectivity index (χ0n) is 10.9. The van der Waals surface area contributed by atoms with Crippen molar-refractivity contribution in [2.75, 3.05) is 6.61 Å². The van der Waals surface area contributed by atoms with E-state index in [4.69, 9.17) is 33.7 Å². The Kier molecular flexibility index (Phi) is 3.88. The van der Waals surface area contributed by atoms with Crippen molar-refractivity contribution in [2.45, 2.75) is 18.9 Å². The third kappa shape index (κ3) is 2.64. The van der Waals surface area contributed by atoms with Crippen LogP contribution in [0.1, 0.15) is 29.2 Å². The predicted octanol–water partition coefficient (Wildman–Crippen LogP) is 4.37. The van der Waals surface area contributed by atoms with Crippen molar-refractivity contribution in [2.24, 2.45) is 5.73 Å². The minimum Gasteiger partial charge on any atom is -0.493 e. The van der Waals surface area contributed by atoms with Gasteiger partial charge in [-0.25, -0.2) is 0 Å². The minimum absolute atomic E-state index is 0.257. The quantitative estimate of drug-likeness (QED) is 0.894. The van der Waals surface area contributed by atoms with Crippen molar-refractivity contribution in [1.82, 2.24) is 0 Å². The van der Waals surface area contributed by atoms with Gasteiger partial charge in [0.1, 0.15) is 5.75 Å².